The first kappa shape index (κ1) is 13.5. The molecule has 1 fully saturated rings. The molecule has 2 aromatic rings. The second-order valence-electron chi connectivity index (χ2n) is 4.94. The zero-order valence-electron chi connectivity index (χ0n) is 11.0. The van der Waals surface area contributed by atoms with Gasteiger partial charge in [0.25, 0.3) is 5.89 Å². The number of aliphatic hydroxyl groups excluding tert-OH is 1. The molecule has 1 aromatic carbocycles. The molecule has 3 rings (SSSR count). The van der Waals surface area contributed by atoms with Crippen molar-refractivity contribution in [3.05, 3.63) is 35.1 Å². The van der Waals surface area contributed by atoms with Crippen LogP contribution in [-0.4, -0.2) is 39.3 Å². The van der Waals surface area contributed by atoms with Gasteiger partial charge in [-0.15, -0.1) is 0 Å². The first-order valence-corrected chi connectivity index (χ1v) is 7.08. The van der Waals surface area contributed by atoms with Crippen molar-refractivity contribution >= 4 is 11.6 Å². The number of rotatable bonds is 4. The van der Waals surface area contributed by atoms with Crippen LogP contribution >= 0.6 is 11.6 Å². The van der Waals surface area contributed by atoms with E-state index in [9.17, 15) is 5.11 Å². The van der Waals surface area contributed by atoms with Crippen molar-refractivity contribution in [1.82, 2.24) is 15.0 Å². The lowest BCUT2D eigenvalue weighted by Gasteiger charge is -2.20. The highest BCUT2D eigenvalue weighted by Crippen LogP contribution is 2.26. The van der Waals surface area contributed by atoms with Crippen molar-refractivity contribution in [3.63, 3.8) is 0 Å². The molecule has 2 heterocycles. The van der Waals surface area contributed by atoms with Crippen molar-refractivity contribution in [2.75, 3.05) is 13.2 Å². The topological polar surface area (TPSA) is 62.4 Å². The van der Waals surface area contributed by atoms with E-state index in [1.54, 1.807) is 6.07 Å². The SMILES string of the molecule is OC[C@@H]1CCCN1Cc1noc(-c2ccccc2Cl)n1. The fourth-order valence-electron chi connectivity index (χ4n) is 2.55. The standard InChI is InChI=1S/C14H16ClN3O2/c15-12-6-2-1-5-11(12)14-16-13(17-20-14)8-18-7-3-4-10(18)9-19/h1-2,5-6,10,19H,3-4,7-9H2/t10-/m0/s1. The van der Waals surface area contributed by atoms with E-state index in [2.05, 4.69) is 15.0 Å². The fraction of sp³-hybridized carbons (Fsp3) is 0.429. The van der Waals surface area contributed by atoms with Gasteiger partial charge in [-0.25, -0.2) is 0 Å². The third-order valence-corrected chi connectivity index (χ3v) is 3.96. The lowest BCUT2D eigenvalue weighted by atomic mass is 10.2. The first-order valence-electron chi connectivity index (χ1n) is 6.70. The van der Waals surface area contributed by atoms with E-state index < -0.39 is 0 Å². The molecule has 0 spiro atoms. The number of benzene rings is 1. The zero-order chi connectivity index (χ0) is 13.9. The number of hydrogen-bond donors (Lipinski definition) is 1. The van der Waals surface area contributed by atoms with Crippen LogP contribution in [0.25, 0.3) is 11.5 Å². The highest BCUT2D eigenvalue weighted by molar-refractivity contribution is 6.33. The Morgan fingerprint density at radius 2 is 2.25 bits per heavy atom. The van der Waals surface area contributed by atoms with E-state index in [0.29, 0.717) is 23.3 Å². The lowest BCUT2D eigenvalue weighted by molar-refractivity contribution is 0.150. The van der Waals surface area contributed by atoms with Gasteiger partial charge in [0.15, 0.2) is 5.82 Å². The number of hydrogen-bond acceptors (Lipinski definition) is 5. The van der Waals surface area contributed by atoms with Crippen molar-refractivity contribution in [3.8, 4) is 11.5 Å². The second kappa shape index (κ2) is 5.91. The van der Waals surface area contributed by atoms with Gasteiger partial charge in [0.05, 0.1) is 23.7 Å². The fourth-order valence-corrected chi connectivity index (χ4v) is 2.77. The van der Waals surface area contributed by atoms with Gasteiger partial charge in [-0.2, -0.15) is 4.98 Å². The van der Waals surface area contributed by atoms with Crippen LogP contribution in [0.5, 0.6) is 0 Å². The van der Waals surface area contributed by atoms with Crippen molar-refractivity contribution in [2.45, 2.75) is 25.4 Å². The monoisotopic (exact) mass is 293 g/mol. The van der Waals surface area contributed by atoms with Crippen LogP contribution in [-0.2, 0) is 6.54 Å². The van der Waals surface area contributed by atoms with E-state index in [0.717, 1.165) is 24.9 Å². The van der Waals surface area contributed by atoms with Crippen LogP contribution in [0.15, 0.2) is 28.8 Å². The summed E-state index contributed by atoms with van der Waals surface area (Å²) in [4.78, 5) is 6.57. The predicted octanol–water partition coefficient (Wildman–Crippen LogP) is 2.35. The van der Waals surface area contributed by atoms with Crippen LogP contribution < -0.4 is 0 Å². The smallest absolute Gasteiger partial charge is 0.259 e. The van der Waals surface area contributed by atoms with Gasteiger partial charge >= 0.3 is 0 Å². The third kappa shape index (κ3) is 2.70. The molecule has 0 amide bonds. The summed E-state index contributed by atoms with van der Waals surface area (Å²) >= 11 is 6.11. The molecule has 1 atom stereocenters. The van der Waals surface area contributed by atoms with Crippen LogP contribution in [0.3, 0.4) is 0 Å². The first-order chi connectivity index (χ1) is 9.78. The Labute approximate surface area is 122 Å². The van der Waals surface area contributed by atoms with E-state index >= 15 is 0 Å². The summed E-state index contributed by atoms with van der Waals surface area (Å²) in [7, 11) is 0. The van der Waals surface area contributed by atoms with Crippen LogP contribution in [0.2, 0.25) is 5.02 Å². The highest BCUT2D eigenvalue weighted by Gasteiger charge is 2.25. The maximum Gasteiger partial charge on any atom is 0.259 e. The van der Waals surface area contributed by atoms with Crippen molar-refractivity contribution < 1.29 is 9.63 Å². The molecule has 0 saturated carbocycles. The van der Waals surface area contributed by atoms with E-state index in [-0.39, 0.29) is 12.6 Å². The number of likely N-dealkylation sites (tertiary alicyclic amines) is 1. The molecule has 5 nitrogen and oxygen atoms in total. The number of aliphatic hydroxyl groups is 1. The van der Waals surface area contributed by atoms with E-state index in [1.807, 2.05) is 18.2 Å². The normalized spacial score (nSPS) is 19.6. The quantitative estimate of drug-likeness (QED) is 0.937. The Morgan fingerprint density at radius 3 is 3.05 bits per heavy atom. The highest BCUT2D eigenvalue weighted by atomic mass is 35.5. The molecule has 1 N–H and O–H groups in total. The molecule has 0 unspecified atom stereocenters. The molecule has 1 aliphatic rings. The van der Waals surface area contributed by atoms with Gasteiger partial charge in [0.2, 0.25) is 0 Å². The Balaban J connectivity index is 1.76. The summed E-state index contributed by atoms with van der Waals surface area (Å²) in [5, 5.41) is 13.9. The summed E-state index contributed by atoms with van der Waals surface area (Å²) in [6.07, 6.45) is 2.12. The maximum atomic E-state index is 9.31. The molecular formula is C14H16ClN3O2. The Kier molecular flexibility index (Phi) is 4.00. The molecule has 0 aliphatic carbocycles. The van der Waals surface area contributed by atoms with Crippen molar-refractivity contribution in [1.29, 1.82) is 0 Å². The minimum atomic E-state index is 0.176. The van der Waals surface area contributed by atoms with Gasteiger partial charge in [0.1, 0.15) is 0 Å². The average molecular weight is 294 g/mol. The van der Waals surface area contributed by atoms with E-state index in [4.69, 9.17) is 16.1 Å². The summed E-state index contributed by atoms with van der Waals surface area (Å²) in [6.45, 7) is 1.73. The summed E-state index contributed by atoms with van der Waals surface area (Å²) in [5.41, 5.74) is 0.744. The molecule has 1 aromatic heterocycles. The Bertz CT molecular complexity index is 587. The van der Waals surface area contributed by atoms with Gasteiger partial charge in [-0.3, -0.25) is 4.90 Å². The number of halogens is 1. The van der Waals surface area contributed by atoms with Crippen LogP contribution in [0, 0.1) is 0 Å². The summed E-state index contributed by atoms with van der Waals surface area (Å²) in [5.74, 6) is 1.06. The minimum Gasteiger partial charge on any atom is -0.395 e. The zero-order valence-corrected chi connectivity index (χ0v) is 11.8. The molecule has 0 bridgehead atoms. The third-order valence-electron chi connectivity index (χ3n) is 3.63. The number of nitrogens with zero attached hydrogens (tertiary/aromatic N) is 3. The Hall–Kier alpha value is -1.43. The predicted molar refractivity (Wildman–Crippen MR) is 75.3 cm³/mol. The molecule has 1 aliphatic heterocycles. The van der Waals surface area contributed by atoms with Crippen molar-refractivity contribution in [2.24, 2.45) is 0 Å². The molecule has 1 saturated heterocycles. The van der Waals surface area contributed by atoms with Gasteiger partial charge in [-0.05, 0) is 31.5 Å². The van der Waals surface area contributed by atoms with Crippen LogP contribution in [0.1, 0.15) is 18.7 Å². The minimum absolute atomic E-state index is 0.176. The molecule has 20 heavy (non-hydrogen) atoms. The number of aromatic nitrogens is 2. The van der Waals surface area contributed by atoms with Gasteiger partial charge in [0, 0.05) is 6.04 Å². The second-order valence-corrected chi connectivity index (χ2v) is 5.35. The lowest BCUT2D eigenvalue weighted by Crippen LogP contribution is -2.31. The summed E-state index contributed by atoms with van der Waals surface area (Å²) in [6, 6.07) is 7.60. The summed E-state index contributed by atoms with van der Waals surface area (Å²) < 4.78 is 5.28. The molecule has 6 heteroatoms. The van der Waals surface area contributed by atoms with E-state index in [1.165, 1.54) is 0 Å². The van der Waals surface area contributed by atoms with Gasteiger partial charge < -0.3 is 9.63 Å². The molecule has 0 radical (unpaired) electrons. The Morgan fingerprint density at radius 1 is 1.40 bits per heavy atom. The average Bonchev–Trinajstić information content (AvgIpc) is 3.09. The largest absolute Gasteiger partial charge is 0.395 e. The molecular weight excluding hydrogens is 278 g/mol. The van der Waals surface area contributed by atoms with Crippen LogP contribution in [0.4, 0.5) is 0 Å². The maximum absolute atomic E-state index is 9.31. The molecule has 106 valence electrons. The van der Waals surface area contributed by atoms with Gasteiger partial charge in [-0.1, -0.05) is 28.9 Å².